The summed E-state index contributed by atoms with van der Waals surface area (Å²) < 4.78 is 1.96. The van der Waals surface area contributed by atoms with Gasteiger partial charge >= 0.3 is 0 Å². The van der Waals surface area contributed by atoms with Crippen LogP contribution in [0.15, 0.2) is 17.2 Å². The molecule has 0 aromatic carbocycles. The molecule has 7 nitrogen and oxygen atoms in total. The first-order valence-corrected chi connectivity index (χ1v) is 12.4. The van der Waals surface area contributed by atoms with E-state index in [0.29, 0.717) is 19.0 Å². The minimum Gasteiger partial charge on any atom is -0.352 e. The molecule has 1 aromatic heterocycles. The summed E-state index contributed by atoms with van der Waals surface area (Å²) in [5, 5.41) is 2.85. The Hall–Kier alpha value is -2.15. The predicted octanol–water partition coefficient (Wildman–Crippen LogP) is 3.30. The first-order valence-electron chi connectivity index (χ1n) is 12.4. The van der Waals surface area contributed by atoms with E-state index in [1.165, 1.54) is 6.42 Å². The zero-order valence-electron chi connectivity index (χ0n) is 20.1. The number of likely N-dealkylation sites (tertiary alicyclic amines) is 1. The van der Waals surface area contributed by atoms with Crippen molar-refractivity contribution in [3.05, 3.63) is 33.7 Å². The number of carbonyl (C=O) groups excluding carboxylic acids is 2. The van der Waals surface area contributed by atoms with Crippen LogP contribution in [-0.2, 0) is 0 Å². The van der Waals surface area contributed by atoms with Gasteiger partial charge in [0.25, 0.3) is 11.8 Å². The molecule has 1 aromatic rings. The maximum atomic E-state index is 13.4. The number of carbonyl (C=O) groups is 2. The van der Waals surface area contributed by atoms with Crippen LogP contribution in [0.4, 0.5) is 0 Å². The molecule has 1 saturated heterocycles. The topological polar surface area (TPSA) is 74.7 Å². The smallest absolute Gasteiger partial charge is 0.259 e. The fourth-order valence-corrected chi connectivity index (χ4v) is 5.07. The summed E-state index contributed by atoms with van der Waals surface area (Å²) in [4.78, 5) is 43.4. The van der Waals surface area contributed by atoms with Crippen LogP contribution in [0.2, 0.25) is 0 Å². The number of amides is 2. The van der Waals surface area contributed by atoms with E-state index in [1.807, 2.05) is 4.57 Å². The van der Waals surface area contributed by atoms with Crippen molar-refractivity contribution >= 4 is 11.8 Å². The molecule has 32 heavy (non-hydrogen) atoms. The average Bonchev–Trinajstić information content (AvgIpc) is 2.79. The largest absolute Gasteiger partial charge is 0.352 e. The van der Waals surface area contributed by atoms with Crippen LogP contribution in [0, 0.1) is 5.92 Å². The molecule has 1 saturated carbocycles. The van der Waals surface area contributed by atoms with Crippen LogP contribution < -0.4 is 10.7 Å². The van der Waals surface area contributed by atoms with E-state index < -0.39 is 5.43 Å². The number of unbranched alkanes of at least 4 members (excludes halogenated alkanes) is 1. The van der Waals surface area contributed by atoms with Crippen LogP contribution in [0.1, 0.15) is 91.5 Å². The molecular weight excluding hydrogens is 404 g/mol. The standard InChI is InChI=1S/C25H40N4O3/c1-4-5-13-26-24(31)21-17-29(20-11-7-6-8-12-20)18-22(23(21)30)25(32)28(3)16-19-10-9-14-27(2)15-19/h17-20H,4-16H2,1-3H3,(H,26,31)/t19-/m1/s1. The van der Waals surface area contributed by atoms with Crippen LogP contribution >= 0.6 is 0 Å². The van der Waals surface area contributed by atoms with Gasteiger partial charge in [0.05, 0.1) is 0 Å². The summed E-state index contributed by atoms with van der Waals surface area (Å²) >= 11 is 0. The van der Waals surface area contributed by atoms with E-state index in [9.17, 15) is 14.4 Å². The van der Waals surface area contributed by atoms with Gasteiger partial charge < -0.3 is 19.7 Å². The number of rotatable bonds is 8. The summed E-state index contributed by atoms with van der Waals surface area (Å²) in [6.07, 6.45) is 12.9. The lowest BCUT2D eigenvalue weighted by atomic mass is 9.94. The molecule has 3 rings (SSSR count). The number of nitrogens with one attached hydrogen (secondary N) is 1. The highest BCUT2D eigenvalue weighted by atomic mass is 16.2. The van der Waals surface area contributed by atoms with Crippen molar-refractivity contribution in [1.29, 1.82) is 0 Å². The van der Waals surface area contributed by atoms with Gasteiger partial charge in [0, 0.05) is 45.1 Å². The lowest BCUT2D eigenvalue weighted by molar-refractivity contribution is 0.0738. The fraction of sp³-hybridized carbons (Fsp3) is 0.720. The number of piperidine rings is 1. The molecular formula is C25H40N4O3. The zero-order valence-corrected chi connectivity index (χ0v) is 20.1. The van der Waals surface area contributed by atoms with E-state index in [1.54, 1.807) is 24.3 Å². The highest BCUT2D eigenvalue weighted by Gasteiger charge is 2.26. The summed E-state index contributed by atoms with van der Waals surface area (Å²) in [6.45, 7) is 5.27. The highest BCUT2D eigenvalue weighted by Crippen LogP contribution is 2.28. The second-order valence-electron chi connectivity index (χ2n) is 9.72. The molecule has 1 N–H and O–H groups in total. The lowest BCUT2D eigenvalue weighted by Gasteiger charge is -2.32. The third kappa shape index (κ3) is 6.21. The van der Waals surface area contributed by atoms with Gasteiger partial charge in [-0.25, -0.2) is 0 Å². The van der Waals surface area contributed by atoms with Crippen LogP contribution in [0.5, 0.6) is 0 Å². The Bertz CT molecular complexity index is 844. The highest BCUT2D eigenvalue weighted by molar-refractivity contribution is 5.99. The second kappa shape index (κ2) is 11.6. The van der Waals surface area contributed by atoms with Crippen molar-refractivity contribution in [1.82, 2.24) is 19.7 Å². The third-order valence-corrected chi connectivity index (χ3v) is 6.93. The van der Waals surface area contributed by atoms with Crippen LogP contribution in [0.3, 0.4) is 0 Å². The van der Waals surface area contributed by atoms with Crippen LogP contribution in [0.25, 0.3) is 0 Å². The molecule has 1 aliphatic heterocycles. The Morgan fingerprint density at radius 2 is 1.81 bits per heavy atom. The molecule has 7 heteroatoms. The third-order valence-electron chi connectivity index (χ3n) is 6.93. The molecule has 1 atom stereocenters. The van der Waals surface area contributed by atoms with Gasteiger partial charge in [0.1, 0.15) is 11.1 Å². The number of pyridine rings is 1. The van der Waals surface area contributed by atoms with Crippen molar-refractivity contribution < 1.29 is 9.59 Å². The van der Waals surface area contributed by atoms with Gasteiger partial charge in [0.2, 0.25) is 5.43 Å². The SMILES string of the molecule is CCCCNC(=O)c1cn(C2CCCCC2)cc(C(=O)N(C)C[C@@H]2CCCN(C)C2)c1=O. The van der Waals surface area contributed by atoms with E-state index >= 15 is 0 Å². The van der Waals surface area contributed by atoms with Crippen molar-refractivity contribution in [2.75, 3.05) is 40.3 Å². The van der Waals surface area contributed by atoms with Crippen molar-refractivity contribution in [3.8, 4) is 0 Å². The predicted molar refractivity (Wildman–Crippen MR) is 127 cm³/mol. The Labute approximate surface area is 192 Å². The normalized spacial score (nSPS) is 20.2. The molecule has 0 spiro atoms. The summed E-state index contributed by atoms with van der Waals surface area (Å²) in [6, 6.07) is 0.232. The molecule has 0 bridgehead atoms. The first kappa shape index (κ1) is 24.5. The minimum atomic E-state index is -0.455. The Balaban J connectivity index is 1.86. The maximum absolute atomic E-state index is 13.4. The zero-order chi connectivity index (χ0) is 23.1. The van der Waals surface area contributed by atoms with E-state index in [4.69, 9.17) is 0 Å². The van der Waals surface area contributed by atoms with Gasteiger partial charge in [-0.3, -0.25) is 14.4 Å². The monoisotopic (exact) mass is 444 g/mol. The Morgan fingerprint density at radius 3 is 2.50 bits per heavy atom. The molecule has 1 aliphatic carbocycles. The minimum absolute atomic E-state index is 0.0864. The quantitative estimate of drug-likeness (QED) is 0.625. The summed E-state index contributed by atoms with van der Waals surface area (Å²) in [5.74, 6) is -0.251. The van der Waals surface area contributed by atoms with Crippen molar-refractivity contribution in [2.45, 2.75) is 70.8 Å². The average molecular weight is 445 g/mol. The number of hydrogen-bond acceptors (Lipinski definition) is 4. The number of aromatic nitrogens is 1. The van der Waals surface area contributed by atoms with E-state index in [-0.39, 0.29) is 29.0 Å². The van der Waals surface area contributed by atoms with Gasteiger partial charge in [0.15, 0.2) is 0 Å². The summed E-state index contributed by atoms with van der Waals surface area (Å²) in [5.41, 5.74) is -0.252. The molecule has 2 fully saturated rings. The molecule has 2 aliphatic rings. The Kier molecular flexibility index (Phi) is 8.91. The van der Waals surface area contributed by atoms with Crippen molar-refractivity contribution in [3.63, 3.8) is 0 Å². The summed E-state index contributed by atoms with van der Waals surface area (Å²) in [7, 11) is 3.88. The first-order chi connectivity index (χ1) is 15.4. The van der Waals surface area contributed by atoms with Gasteiger partial charge in [-0.1, -0.05) is 32.6 Å². The molecule has 2 amide bonds. The molecule has 0 unspecified atom stereocenters. The number of nitrogens with zero attached hydrogens (tertiary/aromatic N) is 3. The molecule has 2 heterocycles. The van der Waals surface area contributed by atoms with Gasteiger partial charge in [-0.15, -0.1) is 0 Å². The van der Waals surface area contributed by atoms with Crippen LogP contribution in [-0.4, -0.2) is 66.5 Å². The second-order valence-corrected chi connectivity index (χ2v) is 9.72. The lowest BCUT2D eigenvalue weighted by Crippen LogP contribution is -2.42. The maximum Gasteiger partial charge on any atom is 0.259 e. The van der Waals surface area contributed by atoms with E-state index in [2.05, 4.69) is 24.2 Å². The fourth-order valence-electron chi connectivity index (χ4n) is 5.07. The van der Waals surface area contributed by atoms with Gasteiger partial charge in [-0.05, 0) is 51.6 Å². The van der Waals surface area contributed by atoms with Gasteiger partial charge in [-0.2, -0.15) is 0 Å². The molecule has 178 valence electrons. The number of hydrogen-bond donors (Lipinski definition) is 1. The Morgan fingerprint density at radius 1 is 1.09 bits per heavy atom. The van der Waals surface area contributed by atoms with E-state index in [0.717, 1.165) is 64.5 Å². The van der Waals surface area contributed by atoms with Crippen molar-refractivity contribution in [2.24, 2.45) is 5.92 Å². The molecule has 0 radical (unpaired) electrons.